The summed E-state index contributed by atoms with van der Waals surface area (Å²) in [6.45, 7) is 1.83. The molecule has 2 N–H and O–H groups in total. The molecule has 0 aliphatic heterocycles. The Morgan fingerprint density at radius 1 is 1.78 bits per heavy atom. The zero-order chi connectivity index (χ0) is 7.28. The molecule has 1 atom stereocenters. The van der Waals surface area contributed by atoms with E-state index >= 15 is 0 Å². The molecule has 0 rings (SSSR count). The van der Waals surface area contributed by atoms with E-state index in [1.807, 2.05) is 6.92 Å². The predicted molar refractivity (Wildman–Crippen MR) is 31.8 cm³/mol. The molecule has 0 radical (unpaired) electrons. The molecular formula is C5H11NO3. The SMILES string of the molecule is CCC(OC)OC(N)=O. The fourth-order valence-corrected chi connectivity index (χ4v) is 0.428. The predicted octanol–water partition coefficient (Wildman–Crippen LogP) is 0.464. The Morgan fingerprint density at radius 2 is 2.33 bits per heavy atom. The highest BCUT2D eigenvalue weighted by Crippen LogP contribution is 1.96. The second kappa shape index (κ2) is 4.14. The van der Waals surface area contributed by atoms with Crippen LogP contribution in [0.4, 0.5) is 4.79 Å². The first-order valence-corrected chi connectivity index (χ1v) is 2.69. The average Bonchev–Trinajstić information content (AvgIpc) is 1.82. The van der Waals surface area contributed by atoms with Crippen LogP contribution in [0.15, 0.2) is 0 Å². The number of rotatable bonds is 3. The summed E-state index contributed by atoms with van der Waals surface area (Å²) >= 11 is 0. The molecule has 54 valence electrons. The van der Waals surface area contributed by atoms with Crippen molar-refractivity contribution in [1.82, 2.24) is 0 Å². The minimum atomic E-state index is -0.802. The summed E-state index contributed by atoms with van der Waals surface area (Å²) in [5.41, 5.74) is 4.70. The molecule has 4 nitrogen and oxygen atoms in total. The van der Waals surface area contributed by atoms with E-state index in [0.29, 0.717) is 6.42 Å². The van der Waals surface area contributed by atoms with Gasteiger partial charge < -0.3 is 15.2 Å². The van der Waals surface area contributed by atoms with E-state index in [-0.39, 0.29) is 0 Å². The summed E-state index contributed by atoms with van der Waals surface area (Å²) in [6.07, 6.45) is -0.689. The molecule has 0 saturated heterocycles. The van der Waals surface area contributed by atoms with Crippen molar-refractivity contribution in [2.45, 2.75) is 19.6 Å². The van der Waals surface area contributed by atoms with Gasteiger partial charge in [0, 0.05) is 13.5 Å². The van der Waals surface area contributed by atoms with Crippen molar-refractivity contribution >= 4 is 6.09 Å². The van der Waals surface area contributed by atoms with Crippen molar-refractivity contribution in [2.24, 2.45) is 5.73 Å². The maximum absolute atomic E-state index is 10.0. The zero-order valence-corrected chi connectivity index (χ0v) is 5.59. The van der Waals surface area contributed by atoms with Gasteiger partial charge in [0.1, 0.15) is 0 Å². The number of primary amides is 1. The third kappa shape index (κ3) is 3.78. The molecule has 0 aliphatic carbocycles. The van der Waals surface area contributed by atoms with E-state index < -0.39 is 12.4 Å². The van der Waals surface area contributed by atoms with Gasteiger partial charge in [0.15, 0.2) is 0 Å². The lowest BCUT2D eigenvalue weighted by Crippen LogP contribution is -2.23. The molecule has 4 heteroatoms. The van der Waals surface area contributed by atoms with Gasteiger partial charge in [-0.15, -0.1) is 0 Å². The Balaban J connectivity index is 3.43. The quantitative estimate of drug-likeness (QED) is 0.569. The topological polar surface area (TPSA) is 61.6 Å². The van der Waals surface area contributed by atoms with Crippen LogP contribution in [0.2, 0.25) is 0 Å². The second-order valence-electron chi connectivity index (χ2n) is 1.51. The highest BCUT2D eigenvalue weighted by molar-refractivity contribution is 5.64. The van der Waals surface area contributed by atoms with Gasteiger partial charge in [-0.25, -0.2) is 4.79 Å². The maximum Gasteiger partial charge on any atom is 0.406 e. The van der Waals surface area contributed by atoms with Crippen LogP contribution in [0.3, 0.4) is 0 Å². The van der Waals surface area contributed by atoms with Gasteiger partial charge in [0.2, 0.25) is 6.29 Å². The van der Waals surface area contributed by atoms with Gasteiger partial charge in [-0.05, 0) is 0 Å². The third-order valence-electron chi connectivity index (χ3n) is 0.844. The number of nitrogens with two attached hydrogens (primary N) is 1. The molecule has 0 spiro atoms. The molecule has 0 bridgehead atoms. The number of hydrogen-bond donors (Lipinski definition) is 1. The van der Waals surface area contributed by atoms with Crippen LogP contribution in [-0.4, -0.2) is 19.5 Å². The van der Waals surface area contributed by atoms with Crippen molar-refractivity contribution in [3.8, 4) is 0 Å². The molecular weight excluding hydrogens is 122 g/mol. The van der Waals surface area contributed by atoms with Gasteiger partial charge in [0.25, 0.3) is 0 Å². The third-order valence-corrected chi connectivity index (χ3v) is 0.844. The van der Waals surface area contributed by atoms with Crippen LogP contribution in [-0.2, 0) is 9.47 Å². The first-order valence-electron chi connectivity index (χ1n) is 2.69. The molecule has 0 aromatic heterocycles. The van der Waals surface area contributed by atoms with Crippen LogP contribution in [0.5, 0.6) is 0 Å². The maximum atomic E-state index is 10.0. The molecule has 0 fully saturated rings. The molecule has 0 saturated carbocycles. The summed E-state index contributed by atoms with van der Waals surface area (Å²) in [6, 6.07) is 0. The second-order valence-corrected chi connectivity index (χ2v) is 1.51. The first kappa shape index (κ1) is 8.23. The standard InChI is InChI=1S/C5H11NO3/c1-3-4(8-2)9-5(6)7/h4H,3H2,1-2H3,(H2,6,7). The lowest BCUT2D eigenvalue weighted by atomic mass is 10.5. The van der Waals surface area contributed by atoms with Crippen molar-refractivity contribution in [3.63, 3.8) is 0 Å². The molecule has 0 heterocycles. The Morgan fingerprint density at radius 3 is 2.44 bits per heavy atom. The van der Waals surface area contributed by atoms with Crippen molar-refractivity contribution in [1.29, 1.82) is 0 Å². The van der Waals surface area contributed by atoms with Crippen molar-refractivity contribution in [3.05, 3.63) is 0 Å². The molecule has 0 aliphatic rings. The Bertz CT molecular complexity index is 90.2. The molecule has 0 aromatic carbocycles. The normalized spacial score (nSPS) is 12.7. The Kier molecular flexibility index (Phi) is 3.79. The van der Waals surface area contributed by atoms with Crippen LogP contribution in [0, 0.1) is 0 Å². The van der Waals surface area contributed by atoms with E-state index in [0.717, 1.165) is 0 Å². The van der Waals surface area contributed by atoms with Crippen LogP contribution in [0.1, 0.15) is 13.3 Å². The molecule has 1 amide bonds. The lowest BCUT2D eigenvalue weighted by molar-refractivity contribution is -0.0796. The number of ether oxygens (including phenoxy) is 2. The van der Waals surface area contributed by atoms with Crippen molar-refractivity contribution in [2.75, 3.05) is 7.11 Å². The zero-order valence-electron chi connectivity index (χ0n) is 5.59. The summed E-state index contributed by atoms with van der Waals surface area (Å²) in [5.74, 6) is 0. The number of methoxy groups -OCH3 is 1. The molecule has 9 heavy (non-hydrogen) atoms. The van der Waals surface area contributed by atoms with E-state index in [4.69, 9.17) is 5.73 Å². The highest BCUT2D eigenvalue weighted by Gasteiger charge is 2.05. The summed E-state index contributed by atoms with van der Waals surface area (Å²) < 4.78 is 9.15. The van der Waals surface area contributed by atoms with E-state index in [2.05, 4.69) is 9.47 Å². The van der Waals surface area contributed by atoms with Gasteiger partial charge in [-0.1, -0.05) is 6.92 Å². The van der Waals surface area contributed by atoms with Gasteiger partial charge >= 0.3 is 6.09 Å². The largest absolute Gasteiger partial charge is 0.420 e. The number of carbonyl (C=O) groups is 1. The fourth-order valence-electron chi connectivity index (χ4n) is 0.428. The number of amides is 1. The van der Waals surface area contributed by atoms with Gasteiger partial charge in [-0.3, -0.25) is 0 Å². The smallest absolute Gasteiger partial charge is 0.406 e. The van der Waals surface area contributed by atoms with Crippen LogP contribution in [0.25, 0.3) is 0 Å². The summed E-state index contributed by atoms with van der Waals surface area (Å²) in [7, 11) is 1.46. The van der Waals surface area contributed by atoms with Gasteiger partial charge in [0.05, 0.1) is 0 Å². The summed E-state index contributed by atoms with van der Waals surface area (Å²) in [5, 5.41) is 0. The van der Waals surface area contributed by atoms with E-state index in [1.165, 1.54) is 7.11 Å². The molecule has 1 unspecified atom stereocenters. The lowest BCUT2D eigenvalue weighted by Gasteiger charge is -2.10. The van der Waals surface area contributed by atoms with Gasteiger partial charge in [-0.2, -0.15) is 0 Å². The van der Waals surface area contributed by atoms with Crippen LogP contribution >= 0.6 is 0 Å². The number of carbonyl (C=O) groups excluding carboxylic acids is 1. The van der Waals surface area contributed by atoms with E-state index in [9.17, 15) is 4.79 Å². The van der Waals surface area contributed by atoms with Crippen molar-refractivity contribution < 1.29 is 14.3 Å². The Hall–Kier alpha value is -0.770. The first-order chi connectivity index (χ1) is 4.20. The summed E-state index contributed by atoms with van der Waals surface area (Å²) in [4.78, 5) is 10.0. The van der Waals surface area contributed by atoms with Crippen LogP contribution < -0.4 is 5.73 Å². The Labute approximate surface area is 53.9 Å². The number of hydrogen-bond acceptors (Lipinski definition) is 3. The van der Waals surface area contributed by atoms with E-state index in [1.54, 1.807) is 0 Å². The molecule has 0 aromatic rings. The monoisotopic (exact) mass is 133 g/mol. The fraction of sp³-hybridized carbons (Fsp3) is 0.800. The average molecular weight is 133 g/mol. The highest BCUT2D eigenvalue weighted by atomic mass is 16.7. The minimum Gasteiger partial charge on any atom is -0.420 e. The minimum absolute atomic E-state index is 0.498.